The minimum absolute atomic E-state index is 0.0294. The van der Waals surface area contributed by atoms with Crippen LogP contribution < -0.4 is 21.3 Å². The van der Waals surface area contributed by atoms with E-state index in [2.05, 4.69) is 163 Å². The minimum Gasteiger partial charge on any atom is -0.446 e. The molecule has 12 rings (SSSR count). The summed E-state index contributed by atoms with van der Waals surface area (Å²) in [7, 11) is 0. The Balaban J connectivity index is 0.523. The van der Waals surface area contributed by atoms with E-state index in [1.807, 2.05) is 0 Å². The molecule has 4 aromatic rings. The summed E-state index contributed by atoms with van der Waals surface area (Å²) in [5, 5.41) is 13.3. The van der Waals surface area contributed by atoms with Gasteiger partial charge in [0.25, 0.3) is 0 Å². The van der Waals surface area contributed by atoms with Crippen molar-refractivity contribution in [1.82, 2.24) is 30.0 Å². The fourth-order valence-electron chi connectivity index (χ4n) is 22.1. The van der Waals surface area contributed by atoms with Gasteiger partial charge in [0.2, 0.25) is 0 Å². The van der Waals surface area contributed by atoms with Crippen molar-refractivity contribution in [3.63, 3.8) is 0 Å². The summed E-state index contributed by atoms with van der Waals surface area (Å²) in [6.07, 6.45) is 34.3. The summed E-state index contributed by atoms with van der Waals surface area (Å²) in [6.45, 7) is 29.5. The molecule has 8 aliphatic carbocycles. The number of carbonyl (C=O) groups excluding carboxylic acids is 2. The first-order valence-corrected chi connectivity index (χ1v) is 38.7. The molecule has 0 bridgehead atoms. The molecule has 3 aromatic carbocycles. The van der Waals surface area contributed by atoms with Gasteiger partial charge in [0.15, 0.2) is 0 Å². The molecular weight excluding hydrogens is 1170 g/mol. The van der Waals surface area contributed by atoms with Gasteiger partial charge in [0.05, 0.1) is 11.7 Å². The second-order valence-corrected chi connectivity index (χ2v) is 34.1. The largest absolute Gasteiger partial charge is 0.446 e. The maximum Gasteiger partial charge on any atom is 0.407 e. The van der Waals surface area contributed by atoms with Crippen LogP contribution in [0.5, 0.6) is 0 Å². The summed E-state index contributed by atoms with van der Waals surface area (Å²) in [5.41, 5.74) is 13.3. The molecule has 6 saturated carbocycles. The third-order valence-electron chi connectivity index (χ3n) is 27.3. The Bertz CT molecular complexity index is 3020. The number of ether oxygens (including phenoxy) is 2. The van der Waals surface area contributed by atoms with Gasteiger partial charge in [0, 0.05) is 50.1 Å². The molecule has 508 valence electrons. The zero-order chi connectivity index (χ0) is 65.1. The van der Waals surface area contributed by atoms with Crippen molar-refractivity contribution in [2.45, 2.75) is 249 Å². The van der Waals surface area contributed by atoms with E-state index in [0.29, 0.717) is 23.9 Å². The number of aromatic nitrogens is 2. The quantitative estimate of drug-likeness (QED) is 0.0362. The SMILES string of the molecule is CC(C)CCC[C@@H](C)[C@H]1CC[C@H]2[C@@H]3CC=C4C[C@@H](OC(=O)NCCCNCc5ccc(-c6ccc(-c7ccc(CNCCCNC(=O)O[C@H]8CC[C@@]9(C)C(=CC[C@H]%10[C@@H]%11CC[C@H]([C@H](C)CCCC(C)C)[C@@]%11(C)CC[C@@H]%109)C8)cc7)c7nsnc67)cc5)CC[C@]4(C)[C@H]3CC[C@]12C. The summed E-state index contributed by atoms with van der Waals surface area (Å²) in [6, 6.07) is 21.9. The maximum absolute atomic E-state index is 13.1. The lowest BCUT2D eigenvalue weighted by Crippen LogP contribution is -2.51. The van der Waals surface area contributed by atoms with E-state index in [1.54, 1.807) is 11.1 Å². The van der Waals surface area contributed by atoms with Gasteiger partial charge in [-0.1, -0.05) is 192 Å². The normalized spacial score (nSPS) is 32.7. The Kier molecular flexibility index (Phi) is 21.8. The van der Waals surface area contributed by atoms with Crippen molar-refractivity contribution < 1.29 is 19.1 Å². The topological polar surface area (TPSA) is 127 Å². The van der Waals surface area contributed by atoms with Crippen LogP contribution in [0.4, 0.5) is 9.59 Å². The molecule has 93 heavy (non-hydrogen) atoms. The highest BCUT2D eigenvalue weighted by Gasteiger charge is 2.61. The predicted molar refractivity (Wildman–Crippen MR) is 384 cm³/mol. The van der Waals surface area contributed by atoms with Crippen LogP contribution >= 0.6 is 11.7 Å². The minimum atomic E-state index is -0.269. The molecule has 8 aliphatic rings. The average molecular weight is 1290 g/mol. The third-order valence-corrected chi connectivity index (χ3v) is 27.8. The molecule has 0 unspecified atom stereocenters. The van der Waals surface area contributed by atoms with Crippen LogP contribution in [0.25, 0.3) is 33.3 Å². The van der Waals surface area contributed by atoms with Gasteiger partial charge >= 0.3 is 12.2 Å². The zero-order valence-electron chi connectivity index (χ0n) is 59.2. The number of amides is 2. The third kappa shape index (κ3) is 14.7. The Morgan fingerprint density at radius 3 is 1.32 bits per heavy atom. The molecular formula is C82H120N6O4S. The molecule has 0 saturated heterocycles. The molecule has 10 nitrogen and oxygen atoms in total. The first-order chi connectivity index (χ1) is 44.8. The molecule has 0 aliphatic heterocycles. The van der Waals surface area contributed by atoms with E-state index < -0.39 is 0 Å². The van der Waals surface area contributed by atoms with Gasteiger partial charge < -0.3 is 30.7 Å². The average Bonchev–Trinajstić information content (AvgIpc) is 1.71. The van der Waals surface area contributed by atoms with Crippen LogP contribution in [-0.2, 0) is 22.6 Å². The highest BCUT2D eigenvalue weighted by atomic mass is 32.1. The van der Waals surface area contributed by atoms with E-state index in [1.165, 1.54) is 126 Å². The lowest BCUT2D eigenvalue weighted by atomic mass is 9.47. The number of hydrogen-bond donors (Lipinski definition) is 4. The molecule has 16 atom stereocenters. The van der Waals surface area contributed by atoms with Crippen LogP contribution in [-0.4, -0.2) is 59.3 Å². The van der Waals surface area contributed by atoms with Gasteiger partial charge in [0.1, 0.15) is 23.2 Å². The maximum atomic E-state index is 13.1. The molecule has 11 heteroatoms. The van der Waals surface area contributed by atoms with E-state index in [-0.39, 0.29) is 35.2 Å². The first kappa shape index (κ1) is 68.4. The van der Waals surface area contributed by atoms with Crippen molar-refractivity contribution in [2.75, 3.05) is 26.2 Å². The van der Waals surface area contributed by atoms with Crippen LogP contribution in [0.15, 0.2) is 84.0 Å². The number of rotatable bonds is 26. The predicted octanol–water partition coefficient (Wildman–Crippen LogP) is 20.3. The summed E-state index contributed by atoms with van der Waals surface area (Å²) >= 11 is 1.26. The molecule has 0 spiro atoms. The Morgan fingerprint density at radius 1 is 0.495 bits per heavy atom. The highest BCUT2D eigenvalue weighted by Crippen LogP contribution is 2.69. The first-order valence-electron chi connectivity index (χ1n) is 38.0. The fraction of sp³-hybridized carbons (Fsp3) is 0.707. The van der Waals surface area contributed by atoms with Gasteiger partial charge in [-0.15, -0.1) is 0 Å². The van der Waals surface area contributed by atoms with Crippen molar-refractivity contribution in [1.29, 1.82) is 0 Å². The lowest BCUT2D eigenvalue weighted by molar-refractivity contribution is -0.0581. The number of benzene rings is 3. The number of nitrogens with one attached hydrogen (secondary N) is 4. The number of allylic oxidation sites excluding steroid dienone is 2. The second-order valence-electron chi connectivity index (χ2n) is 33.5. The van der Waals surface area contributed by atoms with E-state index >= 15 is 0 Å². The van der Waals surface area contributed by atoms with Gasteiger partial charge in [-0.05, 0) is 231 Å². The van der Waals surface area contributed by atoms with Gasteiger partial charge in [-0.2, -0.15) is 8.75 Å². The summed E-state index contributed by atoms with van der Waals surface area (Å²) < 4.78 is 21.8. The number of alkyl carbamates (subject to hydrolysis) is 2. The van der Waals surface area contributed by atoms with Crippen LogP contribution in [0.3, 0.4) is 0 Å². The van der Waals surface area contributed by atoms with Crippen LogP contribution in [0, 0.1) is 92.7 Å². The zero-order valence-corrected chi connectivity index (χ0v) is 60.0. The lowest BCUT2D eigenvalue weighted by Gasteiger charge is -2.58. The molecule has 6 fully saturated rings. The smallest absolute Gasteiger partial charge is 0.407 e. The summed E-state index contributed by atoms with van der Waals surface area (Å²) in [5.74, 6) is 9.98. The monoisotopic (exact) mass is 1280 g/mol. The van der Waals surface area contributed by atoms with Crippen molar-refractivity contribution in [3.05, 3.63) is 95.1 Å². The van der Waals surface area contributed by atoms with Gasteiger partial charge in [-0.3, -0.25) is 0 Å². The molecule has 0 radical (unpaired) electrons. The molecule has 1 heterocycles. The number of carbonyl (C=O) groups is 2. The van der Waals surface area contributed by atoms with Crippen molar-refractivity contribution in [2.24, 2.45) is 92.7 Å². The summed E-state index contributed by atoms with van der Waals surface area (Å²) in [4.78, 5) is 26.2. The van der Waals surface area contributed by atoms with Gasteiger partial charge in [-0.25, -0.2) is 9.59 Å². The Labute approximate surface area is 565 Å². The molecule has 4 N–H and O–H groups in total. The number of nitrogens with zero attached hydrogens (tertiary/aromatic N) is 2. The number of hydrogen-bond acceptors (Lipinski definition) is 9. The Morgan fingerprint density at radius 2 is 0.914 bits per heavy atom. The second kappa shape index (κ2) is 29.6. The highest BCUT2D eigenvalue weighted by molar-refractivity contribution is 7.00. The van der Waals surface area contributed by atoms with E-state index in [9.17, 15) is 9.59 Å². The number of fused-ring (bicyclic) bond motifs is 11. The van der Waals surface area contributed by atoms with E-state index in [0.717, 1.165) is 182 Å². The Hall–Kier alpha value is -4.58. The fourth-order valence-corrected chi connectivity index (χ4v) is 22.7. The van der Waals surface area contributed by atoms with Crippen molar-refractivity contribution in [3.8, 4) is 22.3 Å². The molecule has 1 aromatic heterocycles. The van der Waals surface area contributed by atoms with E-state index in [4.69, 9.17) is 18.2 Å². The van der Waals surface area contributed by atoms with Crippen molar-refractivity contribution >= 4 is 34.9 Å². The standard InChI is InChI=1S/C82H120N6O4S/c1-53(2)15-11-17-55(5)69-33-35-71-67-29-27-61-49-63(37-41-79(61,7)73(67)39-43-81(69,71)9)91-77(89)85-47-13-45-83-51-57-19-23-59(24-20-57)65-31-32-66(76-75(65)87-93-88-76)60-25-21-58(22-26-60)52-84-46-14-48-86-78(90)92-64-38-42-80(8)62(50-64)28-30-68-72-36-34-70(56(6)18-12-16-54(3)4)82(72,10)44-40-74(68)80/h19-28,31-32,53-56,63-64,67-74,83-84H,11-18,29-30,33-52H2,1-10H3,(H,85,89)(H,86,90)/t55-,56-,63+,64+,67+,68+,69-,70-,71+,72+,73+,74+,79+,80+,81-,82-/m1/s1. The molecule has 2 amide bonds. The van der Waals surface area contributed by atoms with Crippen LogP contribution in [0.2, 0.25) is 0 Å². The van der Waals surface area contributed by atoms with Crippen LogP contribution in [0.1, 0.15) is 234 Å².